The van der Waals surface area contributed by atoms with E-state index in [-0.39, 0.29) is 16.6 Å². The number of thioether (sulfide) groups is 1. The van der Waals surface area contributed by atoms with Crippen LogP contribution < -0.4 is 6.15 Å². The van der Waals surface area contributed by atoms with Crippen LogP contribution in [0.15, 0.2) is 21.7 Å². The van der Waals surface area contributed by atoms with Gasteiger partial charge in [0.25, 0.3) is 0 Å². The van der Waals surface area contributed by atoms with Crippen molar-refractivity contribution in [1.82, 2.24) is 16.5 Å². The van der Waals surface area contributed by atoms with Gasteiger partial charge < -0.3 is 10.7 Å². The van der Waals surface area contributed by atoms with Crippen LogP contribution in [-0.4, -0.2) is 29.0 Å². The summed E-state index contributed by atoms with van der Waals surface area (Å²) in [6.07, 6.45) is 0. The van der Waals surface area contributed by atoms with Gasteiger partial charge in [-0.2, -0.15) is 11.8 Å². The Labute approximate surface area is 121 Å². The van der Waals surface area contributed by atoms with E-state index in [2.05, 4.69) is 28.8 Å². The molecule has 4 N–H and O–H groups in total. The van der Waals surface area contributed by atoms with E-state index in [1.807, 2.05) is 0 Å². The highest BCUT2D eigenvalue weighted by atomic mass is 32.2. The zero-order chi connectivity index (χ0) is 14.0. The first-order valence-electron chi connectivity index (χ1n) is 5.67. The molecule has 0 atom stereocenters. The molecule has 0 fully saturated rings. The minimum absolute atomic E-state index is 0. The fourth-order valence-corrected chi connectivity index (χ4v) is 3.27. The molecule has 0 saturated heterocycles. The van der Waals surface area contributed by atoms with Crippen molar-refractivity contribution in [3.63, 3.8) is 0 Å². The highest BCUT2D eigenvalue weighted by Crippen LogP contribution is 2.26. The Morgan fingerprint density at radius 1 is 1.30 bits per heavy atom. The van der Waals surface area contributed by atoms with E-state index in [0.717, 1.165) is 11.3 Å². The summed E-state index contributed by atoms with van der Waals surface area (Å²) < 4.78 is 37.8. The molecule has 1 aromatic heterocycles. The van der Waals surface area contributed by atoms with E-state index in [1.54, 1.807) is 17.8 Å². The molecule has 1 aromatic carbocycles. The van der Waals surface area contributed by atoms with Gasteiger partial charge in [0.2, 0.25) is 0 Å². The number of aromatic nitrogens is 2. The van der Waals surface area contributed by atoms with Gasteiger partial charge in [0.15, 0.2) is 5.52 Å². The van der Waals surface area contributed by atoms with Gasteiger partial charge in [-0.1, -0.05) is 19.9 Å². The molecule has 0 radical (unpaired) electrons. The maximum atomic E-state index is 11.1. The second-order valence-corrected chi connectivity index (χ2v) is 6.93. The molecule has 2 aromatic rings. The van der Waals surface area contributed by atoms with Crippen LogP contribution in [0.5, 0.6) is 0 Å². The fraction of sp³-hybridized carbons (Fsp3) is 0.455. The molecule has 1 heterocycles. The summed E-state index contributed by atoms with van der Waals surface area (Å²) in [6.45, 7) is 4.24. The second-order valence-electron chi connectivity index (χ2n) is 4.55. The smallest absolute Gasteiger partial charge is 0.153 e. The number of fused-ring (bicyclic) bond motifs is 1. The molecule has 2 rings (SSSR count). The van der Waals surface area contributed by atoms with Crippen LogP contribution in [0.3, 0.4) is 0 Å². The van der Waals surface area contributed by atoms with Crippen molar-refractivity contribution in [3.05, 3.63) is 17.7 Å². The number of nitrogens with zero attached hydrogens (tertiary/aromatic N) is 2. The summed E-state index contributed by atoms with van der Waals surface area (Å²) in [6, 6.07) is 2.85. The van der Waals surface area contributed by atoms with Crippen LogP contribution in [0.2, 0.25) is 0 Å². The van der Waals surface area contributed by atoms with Gasteiger partial charge in [0.1, 0.15) is 15.6 Å². The average Bonchev–Trinajstić information content (AvgIpc) is 2.75. The van der Waals surface area contributed by atoms with Crippen molar-refractivity contribution in [1.29, 1.82) is 0 Å². The summed E-state index contributed by atoms with van der Waals surface area (Å²) >= 11 is 1.71. The van der Waals surface area contributed by atoms with Crippen LogP contribution >= 0.6 is 11.8 Å². The molecule has 0 bridgehead atoms. The lowest BCUT2D eigenvalue weighted by Crippen LogP contribution is -2.01. The third kappa shape index (κ3) is 3.69. The summed E-state index contributed by atoms with van der Waals surface area (Å²) in [7, 11) is -4.57. The van der Waals surface area contributed by atoms with Gasteiger partial charge in [-0.25, -0.2) is 13.0 Å². The van der Waals surface area contributed by atoms with Crippen LogP contribution in [0, 0.1) is 5.92 Å². The average molecular weight is 319 g/mol. The first-order valence-corrected chi connectivity index (χ1v) is 8.23. The molecule has 0 aliphatic heterocycles. The Hall–Kier alpha value is -1.16. The second kappa shape index (κ2) is 6.53. The van der Waals surface area contributed by atoms with E-state index in [1.165, 1.54) is 6.07 Å². The highest BCUT2D eigenvalue weighted by molar-refractivity contribution is 7.98. The van der Waals surface area contributed by atoms with Gasteiger partial charge in [-0.3, -0.25) is 0 Å². The van der Waals surface area contributed by atoms with Gasteiger partial charge in [-0.05, 0) is 33.6 Å². The van der Waals surface area contributed by atoms with Crippen LogP contribution in [0.4, 0.5) is 0 Å². The zero-order valence-electron chi connectivity index (χ0n) is 11.5. The number of hydrogen-bond acceptors (Lipinski definition) is 7. The molecule has 0 spiro atoms. The maximum absolute atomic E-state index is 11.1. The Kier molecular flexibility index (Phi) is 5.51. The molecular weight excluding hydrogens is 302 g/mol. The summed E-state index contributed by atoms with van der Waals surface area (Å²) in [5.41, 5.74) is 1.17. The Morgan fingerprint density at radius 3 is 2.55 bits per heavy atom. The van der Waals surface area contributed by atoms with Crippen molar-refractivity contribution in [2.45, 2.75) is 24.5 Å². The summed E-state index contributed by atoms with van der Waals surface area (Å²) in [5.74, 6) is 2.22. The SMILES string of the molecule is CC(C)CSCc1ccc(S(=O)(=O)[O-])c2nonc12.[NH4+]. The number of rotatable bonds is 5. The van der Waals surface area contributed by atoms with Crippen LogP contribution in [0.1, 0.15) is 19.4 Å². The quantitative estimate of drug-likeness (QED) is 0.836. The minimum Gasteiger partial charge on any atom is -0.744 e. The first kappa shape index (κ1) is 16.9. The predicted octanol–water partition coefficient (Wildman–Crippen LogP) is 2.39. The van der Waals surface area contributed by atoms with E-state index in [0.29, 0.717) is 17.2 Å². The summed E-state index contributed by atoms with van der Waals surface area (Å²) in [5, 5.41) is 7.20. The van der Waals surface area contributed by atoms with E-state index in [4.69, 9.17) is 0 Å². The molecule has 20 heavy (non-hydrogen) atoms. The maximum Gasteiger partial charge on any atom is 0.153 e. The Morgan fingerprint density at radius 2 is 1.95 bits per heavy atom. The van der Waals surface area contributed by atoms with Gasteiger partial charge in [0.05, 0.1) is 4.90 Å². The lowest BCUT2D eigenvalue weighted by Gasteiger charge is -2.09. The third-order valence-corrected chi connectivity index (χ3v) is 4.73. The van der Waals surface area contributed by atoms with Gasteiger partial charge in [0, 0.05) is 5.75 Å². The molecule has 0 aliphatic carbocycles. The van der Waals surface area contributed by atoms with Gasteiger partial charge in [-0.15, -0.1) is 0 Å². The topological polar surface area (TPSA) is 133 Å². The monoisotopic (exact) mass is 319 g/mol. The van der Waals surface area contributed by atoms with E-state index >= 15 is 0 Å². The molecule has 0 aliphatic rings. The fourth-order valence-electron chi connectivity index (χ4n) is 1.62. The Balaban J connectivity index is 0.00000200. The molecule has 0 saturated carbocycles. The van der Waals surface area contributed by atoms with Crippen molar-refractivity contribution >= 4 is 32.9 Å². The third-order valence-electron chi connectivity index (χ3n) is 2.44. The van der Waals surface area contributed by atoms with Crippen LogP contribution in [-0.2, 0) is 15.9 Å². The molecule has 9 heteroatoms. The molecule has 112 valence electrons. The molecule has 0 amide bonds. The van der Waals surface area contributed by atoms with Gasteiger partial charge >= 0.3 is 0 Å². The molecule has 7 nitrogen and oxygen atoms in total. The van der Waals surface area contributed by atoms with Crippen molar-refractivity contribution in [2.24, 2.45) is 5.92 Å². The normalized spacial score (nSPS) is 11.8. The number of quaternary nitrogens is 1. The Bertz CT molecular complexity index is 682. The van der Waals surface area contributed by atoms with Crippen molar-refractivity contribution < 1.29 is 17.6 Å². The highest BCUT2D eigenvalue weighted by Gasteiger charge is 2.15. The van der Waals surface area contributed by atoms with Crippen molar-refractivity contribution in [2.75, 3.05) is 5.75 Å². The predicted molar refractivity (Wildman–Crippen MR) is 76.8 cm³/mol. The zero-order valence-corrected chi connectivity index (χ0v) is 13.1. The standard InChI is InChI=1S/C11H14N2O4S2.H3N/c1-7(2)5-18-6-8-3-4-9(19(14,15)16)11-10(8)12-17-13-11;/h3-4,7H,5-6H2,1-2H3,(H,14,15,16);1H3. The largest absolute Gasteiger partial charge is 0.744 e. The summed E-state index contributed by atoms with van der Waals surface area (Å²) in [4.78, 5) is -0.388. The first-order chi connectivity index (χ1) is 8.89. The number of hydrogen-bond donors (Lipinski definition) is 1. The minimum atomic E-state index is -4.57. The number of benzene rings is 1. The van der Waals surface area contributed by atoms with Crippen molar-refractivity contribution in [3.8, 4) is 0 Å². The molecule has 0 unspecified atom stereocenters. The van der Waals surface area contributed by atoms with E-state index < -0.39 is 10.1 Å². The van der Waals surface area contributed by atoms with Crippen LogP contribution in [0.25, 0.3) is 11.0 Å². The lowest BCUT2D eigenvalue weighted by atomic mass is 10.2. The van der Waals surface area contributed by atoms with E-state index in [9.17, 15) is 13.0 Å². The lowest BCUT2D eigenvalue weighted by molar-refractivity contribution is 0.314. The molecular formula is C11H17N3O4S2.